The van der Waals surface area contributed by atoms with Crippen LogP contribution in [-0.2, 0) is 16.4 Å². The summed E-state index contributed by atoms with van der Waals surface area (Å²) in [6, 6.07) is 10.1. The van der Waals surface area contributed by atoms with Gasteiger partial charge in [-0.2, -0.15) is 0 Å². The van der Waals surface area contributed by atoms with Crippen molar-refractivity contribution < 1.29 is 8.42 Å². The van der Waals surface area contributed by atoms with Crippen LogP contribution < -0.4 is 5.32 Å². The van der Waals surface area contributed by atoms with Crippen molar-refractivity contribution in [1.82, 2.24) is 5.32 Å². The maximum Gasteiger partial charge on any atom is 0.151 e. The first-order chi connectivity index (χ1) is 9.16. The van der Waals surface area contributed by atoms with E-state index in [0.717, 1.165) is 19.4 Å². The van der Waals surface area contributed by atoms with E-state index in [9.17, 15) is 8.42 Å². The van der Waals surface area contributed by atoms with Crippen molar-refractivity contribution in [3.8, 4) is 0 Å². The van der Waals surface area contributed by atoms with E-state index in [-0.39, 0.29) is 5.75 Å². The molecule has 1 aromatic rings. The molecule has 1 aromatic carbocycles. The third-order valence-corrected chi connectivity index (χ3v) is 5.53. The van der Waals surface area contributed by atoms with Gasteiger partial charge in [0.25, 0.3) is 0 Å². The number of hydrogen-bond donors (Lipinski definition) is 1. The van der Waals surface area contributed by atoms with Gasteiger partial charge in [-0.05, 0) is 24.3 Å². The fraction of sp³-hybridized carbons (Fsp3) is 0.600. The summed E-state index contributed by atoms with van der Waals surface area (Å²) in [4.78, 5) is 0. The zero-order valence-electron chi connectivity index (χ0n) is 11.3. The third kappa shape index (κ3) is 5.33. The van der Waals surface area contributed by atoms with Gasteiger partial charge in [0.2, 0.25) is 0 Å². The van der Waals surface area contributed by atoms with Crippen molar-refractivity contribution in [2.24, 2.45) is 5.92 Å². The zero-order valence-corrected chi connectivity index (χ0v) is 12.2. The molecule has 0 atom stereocenters. The highest BCUT2D eigenvalue weighted by atomic mass is 32.2. The van der Waals surface area contributed by atoms with Gasteiger partial charge in [0, 0.05) is 13.1 Å². The highest BCUT2D eigenvalue weighted by molar-refractivity contribution is 7.91. The summed E-state index contributed by atoms with van der Waals surface area (Å²) in [5.74, 6) is 1.07. The lowest BCUT2D eigenvalue weighted by molar-refractivity contribution is 0.555. The molecule has 1 aliphatic rings. The van der Waals surface area contributed by atoms with Gasteiger partial charge in [-0.25, -0.2) is 8.42 Å². The summed E-state index contributed by atoms with van der Waals surface area (Å²) < 4.78 is 23.9. The van der Waals surface area contributed by atoms with E-state index in [2.05, 4.69) is 5.32 Å². The van der Waals surface area contributed by atoms with E-state index in [1.54, 1.807) is 0 Å². The van der Waals surface area contributed by atoms with Crippen LogP contribution in [0.2, 0.25) is 0 Å². The van der Waals surface area contributed by atoms with Crippen LogP contribution in [0, 0.1) is 5.92 Å². The van der Waals surface area contributed by atoms with Crippen molar-refractivity contribution in [1.29, 1.82) is 0 Å². The van der Waals surface area contributed by atoms with E-state index in [0.29, 0.717) is 18.2 Å². The molecule has 4 heteroatoms. The van der Waals surface area contributed by atoms with Gasteiger partial charge in [-0.1, -0.05) is 43.2 Å². The molecule has 2 rings (SSSR count). The Bertz CT molecular complexity index is 464. The van der Waals surface area contributed by atoms with E-state index in [4.69, 9.17) is 0 Å². The van der Waals surface area contributed by atoms with Gasteiger partial charge in [0.15, 0.2) is 9.84 Å². The summed E-state index contributed by atoms with van der Waals surface area (Å²) >= 11 is 0. The number of rotatable bonds is 7. The summed E-state index contributed by atoms with van der Waals surface area (Å²) in [5.41, 5.74) is 1.19. The normalized spacial score (nSPS) is 16.8. The highest BCUT2D eigenvalue weighted by Crippen LogP contribution is 2.25. The molecule has 106 valence electrons. The van der Waals surface area contributed by atoms with Gasteiger partial charge in [0.05, 0.1) is 11.5 Å². The van der Waals surface area contributed by atoms with Crippen LogP contribution in [0.15, 0.2) is 30.3 Å². The van der Waals surface area contributed by atoms with E-state index in [1.807, 2.05) is 30.3 Å². The van der Waals surface area contributed by atoms with Gasteiger partial charge in [-0.3, -0.25) is 0 Å². The molecule has 0 aromatic heterocycles. The van der Waals surface area contributed by atoms with Crippen molar-refractivity contribution >= 4 is 9.84 Å². The topological polar surface area (TPSA) is 46.2 Å². The van der Waals surface area contributed by atoms with Crippen LogP contribution >= 0.6 is 0 Å². The second-order valence-corrected chi connectivity index (χ2v) is 7.66. The second kappa shape index (κ2) is 7.06. The third-order valence-electron chi connectivity index (χ3n) is 3.73. The second-order valence-electron chi connectivity index (χ2n) is 5.43. The quantitative estimate of drug-likeness (QED) is 0.781. The van der Waals surface area contributed by atoms with Gasteiger partial charge in [0.1, 0.15) is 0 Å². The largest absolute Gasteiger partial charge is 0.312 e. The smallest absolute Gasteiger partial charge is 0.151 e. The summed E-state index contributed by atoms with van der Waals surface area (Å²) in [5, 5.41) is 3.20. The molecular weight excluding hydrogens is 258 g/mol. The fourth-order valence-corrected chi connectivity index (χ4v) is 4.35. The van der Waals surface area contributed by atoms with Crippen LogP contribution in [-0.4, -0.2) is 26.5 Å². The molecule has 0 bridgehead atoms. The molecule has 1 saturated carbocycles. The van der Waals surface area contributed by atoms with Crippen LogP contribution in [0.3, 0.4) is 0 Å². The molecule has 1 fully saturated rings. The predicted octanol–water partition coefficient (Wildman–Crippen LogP) is 2.38. The average molecular weight is 281 g/mol. The lowest BCUT2D eigenvalue weighted by Gasteiger charge is -2.10. The first kappa shape index (κ1) is 14.5. The Morgan fingerprint density at radius 3 is 2.47 bits per heavy atom. The molecule has 1 aliphatic carbocycles. The Hall–Kier alpha value is -0.870. The van der Waals surface area contributed by atoms with Gasteiger partial charge in [-0.15, -0.1) is 0 Å². The van der Waals surface area contributed by atoms with E-state index >= 15 is 0 Å². The molecule has 0 aliphatic heterocycles. The fourth-order valence-electron chi connectivity index (χ4n) is 2.68. The molecule has 0 spiro atoms. The molecule has 0 unspecified atom stereocenters. The van der Waals surface area contributed by atoms with Crippen LogP contribution in [0.1, 0.15) is 31.2 Å². The Morgan fingerprint density at radius 1 is 1.11 bits per heavy atom. The number of benzene rings is 1. The van der Waals surface area contributed by atoms with Crippen molar-refractivity contribution in [2.75, 3.05) is 18.1 Å². The Balaban J connectivity index is 1.66. The minimum atomic E-state index is -2.88. The zero-order chi connectivity index (χ0) is 13.6. The van der Waals surface area contributed by atoms with Crippen molar-refractivity contribution in [3.05, 3.63) is 35.9 Å². The Morgan fingerprint density at radius 2 is 1.79 bits per heavy atom. The minimum absolute atomic E-state index is 0.260. The first-order valence-corrected chi connectivity index (χ1v) is 8.93. The molecule has 0 amide bonds. The Labute approximate surface area is 116 Å². The van der Waals surface area contributed by atoms with E-state index in [1.165, 1.54) is 18.4 Å². The number of nitrogens with one attached hydrogen (secondary N) is 1. The number of sulfone groups is 1. The van der Waals surface area contributed by atoms with E-state index < -0.39 is 9.84 Å². The molecule has 0 saturated heterocycles. The lowest BCUT2D eigenvalue weighted by atomic mass is 10.1. The average Bonchev–Trinajstić information content (AvgIpc) is 2.88. The van der Waals surface area contributed by atoms with Crippen molar-refractivity contribution in [2.45, 2.75) is 32.2 Å². The minimum Gasteiger partial charge on any atom is -0.312 e. The van der Waals surface area contributed by atoms with Crippen LogP contribution in [0.4, 0.5) is 0 Å². The van der Waals surface area contributed by atoms with Gasteiger partial charge >= 0.3 is 0 Å². The van der Waals surface area contributed by atoms with Crippen molar-refractivity contribution in [3.63, 3.8) is 0 Å². The molecule has 0 radical (unpaired) electrons. The summed E-state index contributed by atoms with van der Waals surface area (Å²) in [6.45, 7) is 1.28. The molecule has 19 heavy (non-hydrogen) atoms. The molecule has 3 nitrogen and oxygen atoms in total. The first-order valence-electron chi connectivity index (χ1n) is 7.11. The summed E-state index contributed by atoms with van der Waals surface area (Å²) in [6.07, 6.45) is 4.59. The highest BCUT2D eigenvalue weighted by Gasteiger charge is 2.22. The monoisotopic (exact) mass is 281 g/mol. The molecule has 0 heterocycles. The Kier molecular flexibility index (Phi) is 5.40. The maximum atomic E-state index is 12.0. The van der Waals surface area contributed by atoms with Crippen LogP contribution in [0.5, 0.6) is 0 Å². The lowest BCUT2D eigenvalue weighted by Crippen LogP contribution is -2.26. The number of hydrogen-bond acceptors (Lipinski definition) is 3. The molecule has 1 N–H and O–H groups in total. The van der Waals surface area contributed by atoms with Crippen LogP contribution in [0.25, 0.3) is 0 Å². The molecular formula is C15H23NO2S. The summed E-state index contributed by atoms with van der Waals surface area (Å²) in [7, 11) is -2.88. The standard InChI is InChI=1S/C15H23NO2S/c17-19(18,13-15-8-4-5-9-15)11-10-16-12-14-6-2-1-3-7-14/h1-3,6-7,15-16H,4-5,8-13H2. The maximum absolute atomic E-state index is 12.0. The van der Waals surface area contributed by atoms with Gasteiger partial charge < -0.3 is 5.32 Å². The SMILES string of the molecule is O=S(=O)(CCNCc1ccccc1)CC1CCCC1. The predicted molar refractivity (Wildman–Crippen MR) is 78.8 cm³/mol.